The number of rotatable bonds is 2. The molecule has 0 atom stereocenters. The zero-order chi connectivity index (χ0) is 17.6. The van der Waals surface area contributed by atoms with Gasteiger partial charge in [0, 0.05) is 42.4 Å². The second-order valence-corrected chi connectivity index (χ2v) is 8.33. The molecule has 0 bridgehead atoms. The smallest absolute Gasteiger partial charge is 0.262 e. The molecular weight excluding hydrogens is 372 g/mol. The molecule has 0 radical (unpaired) electrons. The van der Waals surface area contributed by atoms with Gasteiger partial charge in [-0.2, -0.15) is 0 Å². The zero-order valence-electron chi connectivity index (χ0n) is 14.2. The zero-order valence-corrected chi connectivity index (χ0v) is 15.9. The first-order valence-corrected chi connectivity index (χ1v) is 10.0. The molecule has 0 aliphatic carbocycles. The number of sulfone groups is 1. The van der Waals surface area contributed by atoms with E-state index in [0.717, 1.165) is 35.1 Å². The van der Waals surface area contributed by atoms with E-state index in [2.05, 4.69) is 5.32 Å². The maximum absolute atomic E-state index is 13.1. The van der Waals surface area contributed by atoms with Gasteiger partial charge in [0.15, 0.2) is 9.84 Å². The highest BCUT2D eigenvalue weighted by Crippen LogP contribution is 2.31. The maximum atomic E-state index is 13.1. The van der Waals surface area contributed by atoms with Crippen molar-refractivity contribution in [3.63, 3.8) is 0 Å². The summed E-state index contributed by atoms with van der Waals surface area (Å²) < 4.78 is 25.6. The monoisotopic (exact) mass is 390 g/mol. The molecule has 5 nitrogen and oxygen atoms in total. The summed E-state index contributed by atoms with van der Waals surface area (Å²) in [4.78, 5) is 13.4. The molecule has 1 aliphatic rings. The largest absolute Gasteiger partial charge is 0.312 e. The molecular formula is C19H19ClN2O3S. The SMILES string of the molecule is CS(=O)(=O)c1ccc2c(c1)c1c(n2C(=O)c2ccccc2)CCNC1.Cl. The number of carbonyl (C=O) groups excluding carboxylic acids is 1. The van der Waals surface area contributed by atoms with Crippen molar-refractivity contribution in [2.75, 3.05) is 12.8 Å². The van der Waals surface area contributed by atoms with Crippen molar-refractivity contribution in [2.45, 2.75) is 17.9 Å². The van der Waals surface area contributed by atoms with Gasteiger partial charge in [-0.15, -0.1) is 12.4 Å². The number of benzene rings is 2. The molecule has 0 unspecified atom stereocenters. The van der Waals surface area contributed by atoms with E-state index in [-0.39, 0.29) is 23.2 Å². The predicted molar refractivity (Wildman–Crippen MR) is 104 cm³/mol. The van der Waals surface area contributed by atoms with E-state index in [1.165, 1.54) is 6.26 Å². The molecule has 0 amide bonds. The second kappa shape index (κ2) is 6.87. The van der Waals surface area contributed by atoms with Crippen molar-refractivity contribution in [1.82, 2.24) is 9.88 Å². The summed E-state index contributed by atoms with van der Waals surface area (Å²) in [5.41, 5.74) is 3.35. The lowest BCUT2D eigenvalue weighted by molar-refractivity contribution is 0.0961. The van der Waals surface area contributed by atoms with Gasteiger partial charge in [0.1, 0.15) is 0 Å². The number of carbonyl (C=O) groups is 1. The number of hydrogen-bond acceptors (Lipinski definition) is 4. The predicted octanol–water partition coefficient (Wildman–Crippen LogP) is 2.80. The third-order valence-electron chi connectivity index (χ3n) is 4.64. The lowest BCUT2D eigenvalue weighted by Gasteiger charge is -2.16. The third-order valence-corrected chi connectivity index (χ3v) is 5.75. The Morgan fingerprint density at radius 3 is 2.54 bits per heavy atom. The maximum Gasteiger partial charge on any atom is 0.262 e. The molecule has 1 aliphatic heterocycles. The minimum Gasteiger partial charge on any atom is -0.312 e. The van der Waals surface area contributed by atoms with E-state index in [0.29, 0.717) is 12.1 Å². The van der Waals surface area contributed by atoms with Gasteiger partial charge in [-0.25, -0.2) is 8.42 Å². The molecule has 1 N–H and O–H groups in total. The summed E-state index contributed by atoms with van der Waals surface area (Å²) in [6.07, 6.45) is 1.93. The van der Waals surface area contributed by atoms with Gasteiger partial charge in [-0.3, -0.25) is 9.36 Å². The normalized spacial score (nSPS) is 13.9. The standard InChI is InChI=1S/C19H18N2O3S.ClH/c1-25(23,24)14-7-8-17-15(11-14)16-12-20-10-9-18(16)21(17)19(22)13-5-3-2-4-6-13;/h2-8,11,20H,9-10,12H2,1H3;1H. The molecule has 1 aromatic heterocycles. The van der Waals surface area contributed by atoms with Gasteiger partial charge in [-0.1, -0.05) is 18.2 Å². The highest BCUT2D eigenvalue weighted by atomic mass is 35.5. The Balaban J connectivity index is 0.00000196. The van der Waals surface area contributed by atoms with Gasteiger partial charge < -0.3 is 5.32 Å². The quantitative estimate of drug-likeness (QED) is 0.730. The Bertz CT molecular complexity index is 1090. The Morgan fingerprint density at radius 2 is 1.85 bits per heavy atom. The van der Waals surface area contributed by atoms with Crippen LogP contribution in [0.3, 0.4) is 0 Å². The van der Waals surface area contributed by atoms with Gasteiger partial charge in [0.2, 0.25) is 0 Å². The van der Waals surface area contributed by atoms with Crippen molar-refractivity contribution in [2.24, 2.45) is 0 Å². The molecule has 7 heteroatoms. The average Bonchev–Trinajstić information content (AvgIpc) is 2.95. The molecule has 136 valence electrons. The summed E-state index contributed by atoms with van der Waals surface area (Å²) >= 11 is 0. The lowest BCUT2D eigenvalue weighted by Crippen LogP contribution is -2.26. The van der Waals surface area contributed by atoms with Crippen LogP contribution in [0.2, 0.25) is 0 Å². The summed E-state index contributed by atoms with van der Waals surface area (Å²) in [6, 6.07) is 14.2. The van der Waals surface area contributed by atoms with Crippen LogP contribution in [-0.2, 0) is 22.8 Å². The number of halogens is 1. The lowest BCUT2D eigenvalue weighted by atomic mass is 10.1. The molecule has 26 heavy (non-hydrogen) atoms. The van der Waals surface area contributed by atoms with Gasteiger partial charge in [0.25, 0.3) is 5.91 Å². The van der Waals surface area contributed by atoms with Crippen LogP contribution in [0.5, 0.6) is 0 Å². The fourth-order valence-electron chi connectivity index (χ4n) is 3.44. The van der Waals surface area contributed by atoms with E-state index >= 15 is 0 Å². The third kappa shape index (κ3) is 3.05. The van der Waals surface area contributed by atoms with E-state index in [9.17, 15) is 13.2 Å². The minimum atomic E-state index is -3.30. The molecule has 0 saturated carbocycles. The van der Waals surface area contributed by atoms with E-state index < -0.39 is 9.84 Å². The van der Waals surface area contributed by atoms with Crippen molar-refractivity contribution in [3.8, 4) is 0 Å². The van der Waals surface area contributed by atoms with Crippen LogP contribution in [0.25, 0.3) is 10.9 Å². The van der Waals surface area contributed by atoms with Gasteiger partial charge in [-0.05, 0) is 35.9 Å². The van der Waals surface area contributed by atoms with Crippen molar-refractivity contribution < 1.29 is 13.2 Å². The minimum absolute atomic E-state index is 0. The molecule has 4 rings (SSSR count). The van der Waals surface area contributed by atoms with Crippen LogP contribution in [0, 0.1) is 0 Å². The van der Waals surface area contributed by atoms with E-state index in [4.69, 9.17) is 0 Å². The van der Waals surface area contributed by atoms with Crippen LogP contribution in [0.15, 0.2) is 53.4 Å². The Labute approximate surface area is 158 Å². The second-order valence-electron chi connectivity index (χ2n) is 6.31. The van der Waals surface area contributed by atoms with Crippen LogP contribution < -0.4 is 5.32 Å². The fourth-order valence-corrected chi connectivity index (χ4v) is 4.09. The molecule has 2 heterocycles. The van der Waals surface area contributed by atoms with Gasteiger partial charge in [0.05, 0.1) is 10.4 Å². The molecule has 0 fully saturated rings. The average molecular weight is 391 g/mol. The van der Waals surface area contributed by atoms with Gasteiger partial charge >= 0.3 is 0 Å². The van der Waals surface area contributed by atoms with Crippen molar-refractivity contribution in [1.29, 1.82) is 0 Å². The van der Waals surface area contributed by atoms with Crippen LogP contribution in [0.4, 0.5) is 0 Å². The van der Waals surface area contributed by atoms with E-state index in [1.807, 2.05) is 18.2 Å². The van der Waals surface area contributed by atoms with Crippen LogP contribution in [-0.4, -0.2) is 31.7 Å². The Morgan fingerprint density at radius 1 is 1.12 bits per heavy atom. The van der Waals surface area contributed by atoms with Crippen molar-refractivity contribution in [3.05, 3.63) is 65.4 Å². The van der Waals surface area contributed by atoms with Crippen molar-refractivity contribution >= 4 is 39.1 Å². The number of fused-ring (bicyclic) bond motifs is 3. The first-order chi connectivity index (χ1) is 12.0. The van der Waals surface area contributed by atoms with E-state index in [1.54, 1.807) is 34.9 Å². The first-order valence-electron chi connectivity index (χ1n) is 8.13. The Kier molecular flexibility index (Phi) is 4.92. The summed E-state index contributed by atoms with van der Waals surface area (Å²) in [5.74, 6) is -0.0825. The Hall–Kier alpha value is -2.15. The molecule has 0 spiro atoms. The highest BCUT2D eigenvalue weighted by molar-refractivity contribution is 7.90. The number of hydrogen-bond donors (Lipinski definition) is 1. The first kappa shape index (κ1) is 18.6. The molecule has 0 saturated heterocycles. The topological polar surface area (TPSA) is 68.2 Å². The van der Waals surface area contributed by atoms with Crippen LogP contribution in [0.1, 0.15) is 21.6 Å². The number of nitrogens with zero attached hydrogens (tertiary/aromatic N) is 1. The summed E-state index contributed by atoms with van der Waals surface area (Å²) in [5, 5.41) is 4.14. The van der Waals surface area contributed by atoms with Crippen LogP contribution >= 0.6 is 12.4 Å². The summed E-state index contributed by atoms with van der Waals surface area (Å²) in [6.45, 7) is 1.43. The number of nitrogens with one attached hydrogen (secondary N) is 1. The fraction of sp³-hybridized carbons (Fsp3) is 0.211. The summed E-state index contributed by atoms with van der Waals surface area (Å²) in [7, 11) is -3.30. The molecule has 3 aromatic rings. The molecule has 2 aromatic carbocycles. The highest BCUT2D eigenvalue weighted by Gasteiger charge is 2.25. The number of aromatic nitrogens is 1.